The van der Waals surface area contributed by atoms with E-state index in [0.29, 0.717) is 12.8 Å². The van der Waals surface area contributed by atoms with E-state index >= 15 is 0 Å². The van der Waals surface area contributed by atoms with E-state index in [4.69, 9.17) is 0 Å². The van der Waals surface area contributed by atoms with Crippen LogP contribution >= 0.6 is 0 Å². The number of nitrogens with one attached hydrogen (secondary N) is 2. The Labute approximate surface area is 242 Å². The molecule has 0 aliphatic heterocycles. The summed E-state index contributed by atoms with van der Waals surface area (Å²) in [4.78, 5) is 33.9. The monoisotopic (exact) mass is 608 g/mol. The second-order valence-electron chi connectivity index (χ2n) is 11.0. The maximum atomic E-state index is 13.4. The second-order valence-corrected chi connectivity index (χ2v) is 13.1. The van der Waals surface area contributed by atoms with E-state index in [0.717, 1.165) is 12.5 Å². The number of aromatic nitrogens is 2. The predicted molar refractivity (Wildman–Crippen MR) is 151 cm³/mol. The summed E-state index contributed by atoms with van der Waals surface area (Å²) >= 11 is 0. The molecule has 3 aromatic rings. The largest absolute Gasteiger partial charge is 0.465 e. The number of methoxy groups -OCH3 is 1. The van der Waals surface area contributed by atoms with Gasteiger partial charge >= 0.3 is 12.1 Å². The van der Waals surface area contributed by atoms with Crippen LogP contribution in [0.1, 0.15) is 54.9 Å². The number of alkyl halides is 3. The van der Waals surface area contributed by atoms with Crippen molar-refractivity contribution in [1.82, 2.24) is 20.2 Å². The number of hydrogen-bond acceptors (Lipinski definition) is 7. The highest BCUT2D eigenvalue weighted by atomic mass is 32.2. The van der Waals surface area contributed by atoms with Gasteiger partial charge in [-0.05, 0) is 82.5 Å². The van der Waals surface area contributed by atoms with Crippen molar-refractivity contribution in [3.05, 3.63) is 59.4 Å². The van der Waals surface area contributed by atoms with Crippen molar-refractivity contribution >= 4 is 32.7 Å². The number of rotatable bonds is 9. The van der Waals surface area contributed by atoms with Gasteiger partial charge in [-0.25, -0.2) is 18.2 Å². The fraction of sp³-hybridized carbons (Fsp3) is 0.483. The number of H-pyrrole nitrogens is 1. The number of fused-ring (bicyclic) bond motifs is 1. The van der Waals surface area contributed by atoms with Crippen LogP contribution in [0.4, 0.5) is 13.2 Å². The number of imidazole rings is 1. The van der Waals surface area contributed by atoms with Gasteiger partial charge in [0.2, 0.25) is 5.91 Å². The van der Waals surface area contributed by atoms with Crippen LogP contribution in [0.5, 0.6) is 0 Å². The fourth-order valence-corrected chi connectivity index (χ4v) is 7.18. The first kappa shape index (κ1) is 31.5. The lowest BCUT2D eigenvalue weighted by molar-refractivity contribution is -0.136. The summed E-state index contributed by atoms with van der Waals surface area (Å²) < 4.78 is 71.8. The average molecular weight is 609 g/mol. The predicted octanol–water partition coefficient (Wildman–Crippen LogP) is 4.38. The Balaban J connectivity index is 1.53. The molecule has 1 fully saturated rings. The highest BCUT2D eigenvalue weighted by Crippen LogP contribution is 2.34. The molecular formula is C29H35F3N4O5S. The first-order valence-corrected chi connectivity index (χ1v) is 15.3. The number of carbonyl (C=O) groups is 2. The van der Waals surface area contributed by atoms with E-state index in [1.54, 1.807) is 0 Å². The van der Waals surface area contributed by atoms with Crippen LogP contribution in [0.2, 0.25) is 0 Å². The molecule has 0 bridgehead atoms. The van der Waals surface area contributed by atoms with Gasteiger partial charge < -0.3 is 19.9 Å². The smallest absolute Gasteiger partial charge is 0.418 e. The zero-order valence-corrected chi connectivity index (χ0v) is 24.7. The molecule has 3 atom stereocenters. The molecule has 4 rings (SSSR count). The number of nitrogens with zero attached hydrogens (tertiary/aromatic N) is 2. The topological polar surface area (TPSA) is 121 Å². The molecular weight excluding hydrogens is 573 g/mol. The molecule has 2 aromatic carbocycles. The molecule has 9 nitrogen and oxygen atoms in total. The summed E-state index contributed by atoms with van der Waals surface area (Å²) in [6.07, 6.45) is -3.07. The number of esters is 1. The number of amides is 1. The third-order valence-electron chi connectivity index (χ3n) is 7.95. The number of para-hydroxylation sites is 1. The number of halogens is 3. The zero-order chi connectivity index (χ0) is 30.8. The lowest BCUT2D eigenvalue weighted by Gasteiger charge is -2.41. The normalized spacial score (nSPS) is 19.8. The standard InChI is InChI=1S/C29H35F3N4O5S/c1-17(2)36(3)20-10-13-23(19(14-20)16-42(39,40)21-11-8-18(9-12-21)28(38)41-4)34-26(37)15-25-33-24-7-5-6-22(27(24)35-25)29(30,31)32/h5-9,11-12,17,19-20,23H,10,13-16H2,1-4H3,(H,33,35)(H,34,37)/t19-,20+,23-/m0/s1. The third-order valence-corrected chi connectivity index (χ3v) is 9.81. The van der Waals surface area contributed by atoms with Gasteiger partial charge in [0.25, 0.3) is 0 Å². The van der Waals surface area contributed by atoms with Crippen molar-refractivity contribution in [2.45, 2.75) is 68.7 Å². The molecule has 1 aliphatic rings. The van der Waals surface area contributed by atoms with Gasteiger partial charge in [-0.3, -0.25) is 4.79 Å². The highest BCUT2D eigenvalue weighted by Gasteiger charge is 2.37. The summed E-state index contributed by atoms with van der Waals surface area (Å²) in [6.45, 7) is 4.11. The molecule has 0 saturated heterocycles. The number of carbonyl (C=O) groups excluding carboxylic acids is 2. The summed E-state index contributed by atoms with van der Waals surface area (Å²) in [5.74, 6) is -1.60. The van der Waals surface area contributed by atoms with E-state index in [1.165, 1.54) is 43.5 Å². The maximum Gasteiger partial charge on any atom is 0.418 e. The van der Waals surface area contributed by atoms with Crippen LogP contribution in [-0.4, -0.2) is 73.2 Å². The van der Waals surface area contributed by atoms with Crippen LogP contribution in [0.25, 0.3) is 11.0 Å². The summed E-state index contributed by atoms with van der Waals surface area (Å²) in [5, 5.41) is 2.94. The molecule has 2 N–H and O–H groups in total. The number of aromatic amines is 1. The molecule has 0 spiro atoms. The number of sulfone groups is 1. The minimum absolute atomic E-state index is 0.0577. The van der Waals surface area contributed by atoms with Crippen LogP contribution in [-0.2, 0) is 32.0 Å². The Kier molecular flexibility index (Phi) is 9.31. The Morgan fingerprint density at radius 2 is 1.83 bits per heavy atom. The molecule has 0 unspecified atom stereocenters. The van der Waals surface area contributed by atoms with Gasteiger partial charge in [0.05, 0.1) is 40.8 Å². The van der Waals surface area contributed by atoms with Gasteiger partial charge in [0, 0.05) is 18.1 Å². The Morgan fingerprint density at radius 3 is 2.45 bits per heavy atom. The zero-order valence-electron chi connectivity index (χ0n) is 23.9. The van der Waals surface area contributed by atoms with Crippen molar-refractivity contribution in [3.63, 3.8) is 0 Å². The van der Waals surface area contributed by atoms with E-state index < -0.39 is 45.4 Å². The molecule has 13 heteroatoms. The molecule has 1 aromatic heterocycles. The first-order chi connectivity index (χ1) is 19.7. The minimum Gasteiger partial charge on any atom is -0.465 e. The van der Waals surface area contributed by atoms with Crippen LogP contribution in [0, 0.1) is 5.92 Å². The molecule has 42 heavy (non-hydrogen) atoms. The Bertz CT molecular complexity index is 1540. The van der Waals surface area contributed by atoms with Crippen LogP contribution < -0.4 is 5.32 Å². The number of ether oxygens (including phenoxy) is 1. The SMILES string of the molecule is COC(=O)c1ccc(S(=O)(=O)C[C@@H]2C[C@H](N(C)C(C)C)CC[C@@H]2NC(=O)Cc2nc3c(C(F)(F)F)cccc3[nH]2)cc1. The van der Waals surface area contributed by atoms with E-state index in [2.05, 4.69) is 38.8 Å². The van der Waals surface area contributed by atoms with Gasteiger partial charge in [0.1, 0.15) is 11.3 Å². The van der Waals surface area contributed by atoms with Gasteiger partial charge in [-0.1, -0.05) is 6.07 Å². The van der Waals surface area contributed by atoms with E-state index in [9.17, 15) is 31.2 Å². The van der Waals surface area contributed by atoms with Gasteiger partial charge in [-0.15, -0.1) is 0 Å². The number of hydrogen-bond donors (Lipinski definition) is 2. The average Bonchev–Trinajstić information content (AvgIpc) is 3.34. The third kappa shape index (κ3) is 7.12. The Hall–Kier alpha value is -3.45. The first-order valence-electron chi connectivity index (χ1n) is 13.7. The van der Waals surface area contributed by atoms with Crippen molar-refractivity contribution in [3.8, 4) is 0 Å². The maximum absolute atomic E-state index is 13.4. The fourth-order valence-electron chi connectivity index (χ4n) is 5.50. The molecule has 0 radical (unpaired) electrons. The quantitative estimate of drug-likeness (QED) is 0.346. The van der Waals surface area contributed by atoms with Gasteiger partial charge in [0.15, 0.2) is 9.84 Å². The lowest BCUT2D eigenvalue weighted by atomic mass is 9.81. The molecule has 1 aliphatic carbocycles. The summed E-state index contributed by atoms with van der Waals surface area (Å²) in [6, 6.07) is 9.07. The molecule has 1 heterocycles. The highest BCUT2D eigenvalue weighted by molar-refractivity contribution is 7.91. The van der Waals surface area contributed by atoms with E-state index in [-0.39, 0.29) is 51.6 Å². The van der Waals surface area contributed by atoms with E-state index in [1.807, 2.05) is 7.05 Å². The van der Waals surface area contributed by atoms with Crippen molar-refractivity contribution < 1.29 is 35.9 Å². The second kappa shape index (κ2) is 12.4. The summed E-state index contributed by atoms with van der Waals surface area (Å²) in [5.41, 5.74) is -0.745. The minimum atomic E-state index is -4.59. The van der Waals surface area contributed by atoms with Gasteiger partial charge in [-0.2, -0.15) is 13.2 Å². The molecule has 1 amide bonds. The van der Waals surface area contributed by atoms with Crippen molar-refractivity contribution in [1.29, 1.82) is 0 Å². The van der Waals surface area contributed by atoms with Crippen molar-refractivity contribution in [2.24, 2.45) is 5.92 Å². The lowest BCUT2D eigenvalue weighted by Crippen LogP contribution is -2.51. The van der Waals surface area contributed by atoms with Crippen LogP contribution in [0.15, 0.2) is 47.4 Å². The van der Waals surface area contributed by atoms with Crippen LogP contribution in [0.3, 0.4) is 0 Å². The molecule has 228 valence electrons. The van der Waals surface area contributed by atoms with Crippen molar-refractivity contribution in [2.75, 3.05) is 19.9 Å². The number of benzene rings is 2. The molecule has 1 saturated carbocycles. The Morgan fingerprint density at radius 1 is 1.14 bits per heavy atom. The summed E-state index contributed by atoms with van der Waals surface area (Å²) in [7, 11) is -0.562.